The van der Waals surface area contributed by atoms with Crippen molar-refractivity contribution in [2.75, 3.05) is 0 Å². The molecule has 1 aromatic carbocycles. The van der Waals surface area contributed by atoms with Gasteiger partial charge in [-0.15, -0.1) is 0 Å². The number of nitro benzene ring substituents is 1. The van der Waals surface area contributed by atoms with E-state index < -0.39 is 14.9 Å². The summed E-state index contributed by atoms with van der Waals surface area (Å²) < 4.78 is 27.3. The molecular weight excluding hydrogens is 292 g/mol. The number of rotatable bonds is 5. The van der Waals surface area contributed by atoms with Crippen LogP contribution >= 0.6 is 0 Å². The molecule has 2 saturated carbocycles. The molecule has 0 amide bonds. The van der Waals surface area contributed by atoms with Crippen LogP contribution < -0.4 is 0 Å². The van der Waals surface area contributed by atoms with E-state index in [-0.39, 0.29) is 22.7 Å². The Labute approximate surface area is 124 Å². The molecule has 0 atom stereocenters. The number of nitrogens with zero attached hydrogens (tertiary/aromatic N) is 2. The first kappa shape index (κ1) is 14.5. The van der Waals surface area contributed by atoms with Gasteiger partial charge >= 0.3 is 0 Å². The molecule has 0 unspecified atom stereocenters. The smallest absolute Gasteiger partial charge is 0.258 e. The quantitative estimate of drug-likeness (QED) is 0.618. The monoisotopic (exact) mass is 310 g/mol. The van der Waals surface area contributed by atoms with Crippen molar-refractivity contribution in [2.24, 2.45) is 0 Å². The van der Waals surface area contributed by atoms with Gasteiger partial charge in [-0.05, 0) is 37.8 Å². The van der Waals surface area contributed by atoms with Gasteiger partial charge < -0.3 is 0 Å². The van der Waals surface area contributed by atoms with Crippen LogP contribution in [0.15, 0.2) is 29.2 Å². The van der Waals surface area contributed by atoms with Crippen LogP contribution in [0.25, 0.3) is 0 Å². The highest BCUT2D eigenvalue weighted by atomic mass is 32.2. The number of non-ortho nitro benzene ring substituents is 1. The summed E-state index contributed by atoms with van der Waals surface area (Å²) in [5.41, 5.74) is -0.0900. The van der Waals surface area contributed by atoms with Crippen molar-refractivity contribution in [1.82, 2.24) is 4.31 Å². The zero-order valence-corrected chi connectivity index (χ0v) is 12.5. The zero-order valence-electron chi connectivity index (χ0n) is 11.6. The van der Waals surface area contributed by atoms with E-state index in [9.17, 15) is 18.5 Å². The van der Waals surface area contributed by atoms with Crippen molar-refractivity contribution in [1.29, 1.82) is 0 Å². The molecule has 21 heavy (non-hydrogen) atoms. The van der Waals surface area contributed by atoms with Crippen molar-refractivity contribution < 1.29 is 13.3 Å². The summed E-state index contributed by atoms with van der Waals surface area (Å²) in [7, 11) is -3.55. The summed E-state index contributed by atoms with van der Waals surface area (Å²) in [6.07, 6.45) is 5.82. The van der Waals surface area contributed by atoms with Crippen LogP contribution in [0.5, 0.6) is 0 Å². The van der Waals surface area contributed by atoms with Crippen molar-refractivity contribution in [3.8, 4) is 0 Å². The van der Waals surface area contributed by atoms with Crippen molar-refractivity contribution >= 4 is 15.7 Å². The minimum Gasteiger partial charge on any atom is -0.258 e. The Morgan fingerprint density at radius 1 is 1.00 bits per heavy atom. The van der Waals surface area contributed by atoms with E-state index in [1.807, 2.05) is 0 Å². The maximum absolute atomic E-state index is 12.8. The minimum atomic E-state index is -3.55. The first-order chi connectivity index (χ1) is 10.00. The second-order valence-electron chi connectivity index (χ2n) is 5.76. The van der Waals surface area contributed by atoms with Crippen molar-refractivity contribution in [3.05, 3.63) is 34.4 Å². The van der Waals surface area contributed by atoms with E-state index in [0.29, 0.717) is 0 Å². The SMILES string of the molecule is O=[N+]([O-])c1ccc(S(=O)(=O)N(C2CCCC2)C2CC2)cc1. The lowest BCUT2D eigenvalue weighted by Crippen LogP contribution is -2.40. The van der Waals surface area contributed by atoms with E-state index in [0.717, 1.165) is 38.5 Å². The third kappa shape index (κ3) is 2.80. The summed E-state index contributed by atoms with van der Waals surface area (Å²) >= 11 is 0. The fourth-order valence-electron chi connectivity index (χ4n) is 3.04. The third-order valence-corrected chi connectivity index (χ3v) is 6.23. The molecule has 0 saturated heterocycles. The predicted molar refractivity (Wildman–Crippen MR) is 77.4 cm³/mol. The zero-order chi connectivity index (χ0) is 15.0. The standard InChI is InChI=1S/C14H18N2O4S/c17-16(18)13-7-9-14(10-8-13)21(19,20)15(12-5-6-12)11-3-1-2-4-11/h7-12H,1-6H2. The first-order valence-electron chi connectivity index (χ1n) is 7.28. The van der Waals surface area contributed by atoms with Crippen LogP contribution in [0.3, 0.4) is 0 Å². The Bertz CT molecular complexity index is 631. The highest BCUT2D eigenvalue weighted by molar-refractivity contribution is 7.89. The fourth-order valence-corrected chi connectivity index (χ4v) is 4.97. The third-order valence-electron chi connectivity index (χ3n) is 4.21. The van der Waals surface area contributed by atoms with Crippen LogP contribution in [-0.4, -0.2) is 29.7 Å². The van der Waals surface area contributed by atoms with Crippen molar-refractivity contribution in [2.45, 2.75) is 55.5 Å². The average Bonchev–Trinajstić information content (AvgIpc) is 3.13. The molecule has 0 heterocycles. The number of hydrogen-bond acceptors (Lipinski definition) is 4. The fraction of sp³-hybridized carbons (Fsp3) is 0.571. The Morgan fingerprint density at radius 2 is 1.52 bits per heavy atom. The summed E-state index contributed by atoms with van der Waals surface area (Å²) in [6.45, 7) is 0. The molecule has 2 fully saturated rings. The Hall–Kier alpha value is -1.47. The molecule has 6 nitrogen and oxygen atoms in total. The normalized spacial score (nSPS) is 20.0. The summed E-state index contributed by atoms with van der Waals surface area (Å²) in [6, 6.07) is 5.42. The molecule has 0 aromatic heterocycles. The van der Waals surface area contributed by atoms with Gasteiger partial charge in [0.25, 0.3) is 5.69 Å². The maximum atomic E-state index is 12.8. The van der Waals surface area contributed by atoms with Gasteiger partial charge in [-0.2, -0.15) is 4.31 Å². The van der Waals surface area contributed by atoms with Gasteiger partial charge in [-0.3, -0.25) is 10.1 Å². The van der Waals surface area contributed by atoms with Crippen LogP contribution in [0, 0.1) is 10.1 Å². The topological polar surface area (TPSA) is 80.5 Å². The molecule has 3 rings (SSSR count). The highest BCUT2D eigenvalue weighted by Gasteiger charge is 2.43. The van der Waals surface area contributed by atoms with Crippen LogP contribution in [-0.2, 0) is 10.0 Å². The van der Waals surface area contributed by atoms with E-state index in [1.54, 1.807) is 4.31 Å². The molecule has 1 aromatic rings. The molecule has 2 aliphatic rings. The van der Waals surface area contributed by atoms with Gasteiger partial charge in [0.2, 0.25) is 10.0 Å². The van der Waals surface area contributed by atoms with Gasteiger partial charge in [0.05, 0.1) is 9.82 Å². The van der Waals surface area contributed by atoms with Crippen molar-refractivity contribution in [3.63, 3.8) is 0 Å². The molecule has 0 N–H and O–H groups in total. The van der Waals surface area contributed by atoms with Crippen LogP contribution in [0.4, 0.5) is 5.69 Å². The van der Waals surface area contributed by atoms with Gasteiger partial charge in [0.15, 0.2) is 0 Å². The molecule has 0 aliphatic heterocycles. The second-order valence-corrected chi connectivity index (χ2v) is 7.60. The van der Waals surface area contributed by atoms with E-state index in [4.69, 9.17) is 0 Å². The first-order valence-corrected chi connectivity index (χ1v) is 8.72. The Balaban J connectivity index is 1.91. The van der Waals surface area contributed by atoms with Gasteiger partial charge in [-0.1, -0.05) is 12.8 Å². The van der Waals surface area contributed by atoms with Crippen LogP contribution in [0.1, 0.15) is 38.5 Å². The average molecular weight is 310 g/mol. The molecule has 0 radical (unpaired) electrons. The van der Waals surface area contributed by atoms with E-state index in [2.05, 4.69) is 0 Å². The lowest BCUT2D eigenvalue weighted by molar-refractivity contribution is -0.384. The van der Waals surface area contributed by atoms with Gasteiger partial charge in [0, 0.05) is 24.2 Å². The number of nitro groups is 1. The Kier molecular flexibility index (Phi) is 3.71. The number of benzene rings is 1. The molecular formula is C14H18N2O4S. The molecule has 0 spiro atoms. The second kappa shape index (κ2) is 5.38. The predicted octanol–water partition coefficient (Wildman–Crippen LogP) is 2.69. The number of hydrogen-bond donors (Lipinski definition) is 0. The molecule has 7 heteroatoms. The lowest BCUT2D eigenvalue weighted by Gasteiger charge is -2.28. The molecule has 114 valence electrons. The van der Waals surface area contributed by atoms with Crippen LogP contribution in [0.2, 0.25) is 0 Å². The summed E-state index contributed by atoms with van der Waals surface area (Å²) in [4.78, 5) is 10.3. The molecule has 2 aliphatic carbocycles. The molecule has 0 bridgehead atoms. The summed E-state index contributed by atoms with van der Waals surface area (Å²) in [5.74, 6) is 0. The highest BCUT2D eigenvalue weighted by Crippen LogP contribution is 2.38. The largest absolute Gasteiger partial charge is 0.269 e. The van der Waals surface area contributed by atoms with Gasteiger partial charge in [-0.25, -0.2) is 8.42 Å². The minimum absolute atomic E-state index is 0.0900. The number of sulfonamides is 1. The van der Waals surface area contributed by atoms with E-state index >= 15 is 0 Å². The lowest BCUT2D eigenvalue weighted by atomic mass is 10.2. The van der Waals surface area contributed by atoms with E-state index in [1.165, 1.54) is 24.3 Å². The Morgan fingerprint density at radius 3 is 2.00 bits per heavy atom. The summed E-state index contributed by atoms with van der Waals surface area (Å²) in [5, 5.41) is 10.7. The van der Waals surface area contributed by atoms with Gasteiger partial charge in [0.1, 0.15) is 0 Å². The maximum Gasteiger partial charge on any atom is 0.269 e.